The lowest BCUT2D eigenvalue weighted by Crippen LogP contribution is -2.52. The molecule has 0 rings (SSSR count). The van der Waals surface area contributed by atoms with Gasteiger partial charge in [0.15, 0.2) is 0 Å². The Morgan fingerprint density at radius 1 is 0.958 bits per heavy atom. The van der Waals surface area contributed by atoms with E-state index in [9.17, 15) is 19.5 Å². The second kappa shape index (κ2) is 8.86. The van der Waals surface area contributed by atoms with Crippen LogP contribution in [0.25, 0.3) is 0 Å². The summed E-state index contributed by atoms with van der Waals surface area (Å²) >= 11 is 0. The van der Waals surface area contributed by atoms with Gasteiger partial charge in [-0.3, -0.25) is 0 Å². The normalized spacial score (nSPS) is 13.1. The summed E-state index contributed by atoms with van der Waals surface area (Å²) in [5, 5.41) is 9.45. The number of carboxylic acid groups (broad SMARTS) is 1. The van der Waals surface area contributed by atoms with Crippen molar-refractivity contribution < 1.29 is 29.0 Å². The molecule has 0 spiro atoms. The third-order valence-electron chi connectivity index (χ3n) is 2.71. The highest BCUT2D eigenvalue weighted by Crippen LogP contribution is 2.19. The van der Waals surface area contributed by atoms with E-state index in [1.54, 1.807) is 41.5 Å². The van der Waals surface area contributed by atoms with Crippen LogP contribution in [0.3, 0.4) is 0 Å². The summed E-state index contributed by atoms with van der Waals surface area (Å²) in [5.41, 5.74) is 3.65. The molecule has 0 aliphatic rings. The molecule has 0 saturated heterocycles. The molecule has 0 aromatic carbocycles. The van der Waals surface area contributed by atoms with Gasteiger partial charge in [0.2, 0.25) is 0 Å². The van der Waals surface area contributed by atoms with E-state index in [2.05, 4.69) is 0 Å². The molecule has 0 aliphatic heterocycles. The summed E-state index contributed by atoms with van der Waals surface area (Å²) in [6.07, 6.45) is -0.977. The van der Waals surface area contributed by atoms with E-state index < -0.39 is 35.4 Å². The minimum atomic E-state index is -1.37. The van der Waals surface area contributed by atoms with Crippen LogP contribution in [0, 0.1) is 0 Å². The van der Waals surface area contributed by atoms with E-state index in [0.717, 1.165) is 0 Å². The summed E-state index contributed by atoms with van der Waals surface area (Å²) in [6.45, 7) is 10.2. The maximum absolute atomic E-state index is 12.4. The second-order valence-corrected chi connectivity index (χ2v) is 7.47. The maximum Gasteiger partial charge on any atom is 0.420 e. The number of amides is 2. The summed E-state index contributed by atoms with van der Waals surface area (Å²) in [7, 11) is 0. The van der Waals surface area contributed by atoms with Crippen molar-refractivity contribution in [1.29, 1.82) is 0 Å². The molecule has 0 saturated carbocycles. The number of aliphatic carboxylic acids is 1. The number of rotatable bonds is 6. The van der Waals surface area contributed by atoms with E-state index in [1.807, 2.05) is 0 Å². The zero-order chi connectivity index (χ0) is 19.1. The van der Waals surface area contributed by atoms with Gasteiger partial charge in [0.25, 0.3) is 0 Å². The molecule has 1 atom stereocenters. The van der Waals surface area contributed by atoms with Crippen LogP contribution in [0.4, 0.5) is 9.59 Å². The number of hydrogen-bond donors (Lipinski definition) is 2. The Balaban J connectivity index is 5.50. The van der Waals surface area contributed by atoms with Crippen molar-refractivity contribution in [1.82, 2.24) is 4.90 Å². The highest BCUT2D eigenvalue weighted by molar-refractivity contribution is 5.93. The van der Waals surface area contributed by atoms with Gasteiger partial charge in [0.05, 0.1) is 0 Å². The third-order valence-corrected chi connectivity index (χ3v) is 2.71. The fraction of sp³-hybridized carbons (Fsp3) is 0.812. The quantitative estimate of drug-likeness (QED) is 0.710. The molecule has 0 heterocycles. The van der Waals surface area contributed by atoms with E-state index in [-0.39, 0.29) is 6.42 Å². The van der Waals surface area contributed by atoms with Crippen molar-refractivity contribution in [3.8, 4) is 0 Å². The Bertz CT molecular complexity index is 422. The van der Waals surface area contributed by atoms with Crippen molar-refractivity contribution in [2.24, 2.45) is 5.73 Å². The molecule has 8 nitrogen and oxygen atoms in total. The fourth-order valence-corrected chi connectivity index (χ4v) is 1.80. The average Bonchev–Trinajstić information content (AvgIpc) is 2.32. The van der Waals surface area contributed by atoms with Crippen LogP contribution in [-0.4, -0.2) is 52.0 Å². The number of ether oxygens (including phenoxy) is 2. The van der Waals surface area contributed by atoms with Crippen LogP contribution in [-0.2, 0) is 14.3 Å². The minimum absolute atomic E-state index is 0.0744. The van der Waals surface area contributed by atoms with Gasteiger partial charge in [0.1, 0.15) is 17.2 Å². The lowest BCUT2D eigenvalue weighted by molar-refractivity contribution is -0.143. The van der Waals surface area contributed by atoms with Crippen molar-refractivity contribution in [2.75, 3.05) is 6.54 Å². The van der Waals surface area contributed by atoms with Gasteiger partial charge >= 0.3 is 18.2 Å². The molecule has 0 aromatic rings. The number of carboxylic acids is 1. The van der Waals surface area contributed by atoms with Gasteiger partial charge in [0, 0.05) is 0 Å². The number of nitrogens with two attached hydrogens (primary N) is 1. The first-order valence-electron chi connectivity index (χ1n) is 7.96. The highest BCUT2D eigenvalue weighted by Gasteiger charge is 2.39. The lowest BCUT2D eigenvalue weighted by atomic mass is 10.1. The number of imide groups is 1. The van der Waals surface area contributed by atoms with E-state index in [1.165, 1.54) is 0 Å². The molecule has 0 aliphatic carbocycles. The number of carbonyl (C=O) groups excluding carboxylic acids is 2. The van der Waals surface area contributed by atoms with Gasteiger partial charge < -0.3 is 20.3 Å². The van der Waals surface area contributed by atoms with Crippen LogP contribution in [0.15, 0.2) is 0 Å². The first-order chi connectivity index (χ1) is 10.8. The maximum atomic E-state index is 12.4. The fourth-order valence-electron chi connectivity index (χ4n) is 1.80. The SMILES string of the molecule is CC(C)(C)OC(=O)N(C(=O)OC(C)(C)C)[C@@H](CCCCN)C(=O)O. The minimum Gasteiger partial charge on any atom is -0.480 e. The Hall–Kier alpha value is -1.83. The van der Waals surface area contributed by atoms with Crippen molar-refractivity contribution >= 4 is 18.2 Å². The summed E-state index contributed by atoms with van der Waals surface area (Å²) in [5.74, 6) is -1.30. The topological polar surface area (TPSA) is 119 Å². The Kier molecular flexibility index (Phi) is 8.19. The molecular formula is C16H30N2O6. The molecule has 24 heavy (non-hydrogen) atoms. The zero-order valence-corrected chi connectivity index (χ0v) is 15.4. The van der Waals surface area contributed by atoms with Gasteiger partial charge in [-0.05, 0) is 67.3 Å². The second-order valence-electron chi connectivity index (χ2n) is 7.47. The highest BCUT2D eigenvalue weighted by atomic mass is 16.6. The van der Waals surface area contributed by atoms with Gasteiger partial charge in [-0.15, -0.1) is 0 Å². The molecule has 3 N–H and O–H groups in total. The van der Waals surface area contributed by atoms with Crippen LogP contribution < -0.4 is 5.73 Å². The first kappa shape index (κ1) is 22.2. The summed E-state index contributed by atoms with van der Waals surface area (Å²) < 4.78 is 10.3. The molecule has 0 bridgehead atoms. The largest absolute Gasteiger partial charge is 0.480 e. The monoisotopic (exact) mass is 346 g/mol. The smallest absolute Gasteiger partial charge is 0.420 e. The first-order valence-corrected chi connectivity index (χ1v) is 7.96. The van der Waals surface area contributed by atoms with Gasteiger partial charge in [-0.25, -0.2) is 14.4 Å². The van der Waals surface area contributed by atoms with Crippen LogP contribution in [0.1, 0.15) is 60.8 Å². The lowest BCUT2D eigenvalue weighted by Gasteiger charge is -2.31. The van der Waals surface area contributed by atoms with Crippen LogP contribution in [0.2, 0.25) is 0 Å². The molecule has 0 fully saturated rings. The van der Waals surface area contributed by atoms with Crippen molar-refractivity contribution in [3.05, 3.63) is 0 Å². The van der Waals surface area contributed by atoms with E-state index in [4.69, 9.17) is 15.2 Å². The van der Waals surface area contributed by atoms with Gasteiger partial charge in [-0.1, -0.05) is 0 Å². The van der Waals surface area contributed by atoms with E-state index in [0.29, 0.717) is 24.3 Å². The summed E-state index contributed by atoms with van der Waals surface area (Å²) in [6, 6.07) is -1.37. The van der Waals surface area contributed by atoms with Crippen molar-refractivity contribution in [3.63, 3.8) is 0 Å². The molecule has 2 amide bonds. The number of unbranched alkanes of at least 4 members (excludes halogenated alkanes) is 1. The van der Waals surface area contributed by atoms with Gasteiger partial charge in [-0.2, -0.15) is 4.90 Å². The molecule has 0 aromatic heterocycles. The Morgan fingerprint density at radius 3 is 1.67 bits per heavy atom. The van der Waals surface area contributed by atoms with Crippen LogP contribution >= 0.6 is 0 Å². The molecule has 0 radical (unpaired) electrons. The summed E-state index contributed by atoms with van der Waals surface area (Å²) in [4.78, 5) is 36.9. The molecular weight excluding hydrogens is 316 g/mol. The van der Waals surface area contributed by atoms with E-state index >= 15 is 0 Å². The Labute approximate surface area is 143 Å². The zero-order valence-electron chi connectivity index (χ0n) is 15.4. The molecule has 8 heteroatoms. The standard InChI is InChI=1S/C16H30N2O6/c1-15(2,3)23-13(21)18(14(22)24-16(4,5)6)11(12(19)20)9-7-8-10-17/h11H,7-10,17H2,1-6H3,(H,19,20)/t11-/m0/s1. The number of carbonyl (C=O) groups is 3. The van der Waals surface area contributed by atoms with Crippen LogP contribution in [0.5, 0.6) is 0 Å². The molecule has 140 valence electrons. The predicted molar refractivity (Wildman–Crippen MR) is 88.6 cm³/mol. The molecule has 0 unspecified atom stereocenters. The third kappa shape index (κ3) is 8.71. The average molecular weight is 346 g/mol. The Morgan fingerprint density at radius 2 is 1.38 bits per heavy atom. The van der Waals surface area contributed by atoms with Crippen molar-refractivity contribution in [2.45, 2.75) is 78.0 Å². The number of nitrogens with zero attached hydrogens (tertiary/aromatic N) is 1. The number of hydrogen-bond acceptors (Lipinski definition) is 6. The predicted octanol–water partition coefficient (Wildman–Crippen LogP) is 2.74.